The molecule has 0 saturated carbocycles. The van der Waals surface area contributed by atoms with Gasteiger partial charge in [-0.2, -0.15) is 0 Å². The van der Waals surface area contributed by atoms with E-state index < -0.39 is 0 Å². The first-order valence-corrected chi connectivity index (χ1v) is 9.45. The van der Waals surface area contributed by atoms with Gasteiger partial charge in [0.1, 0.15) is 0 Å². The predicted molar refractivity (Wildman–Crippen MR) is 108 cm³/mol. The molecule has 0 aliphatic carbocycles. The number of nitrogens with zero attached hydrogens (tertiary/aromatic N) is 1. The minimum atomic E-state index is -0.389. The predicted octanol–water partition coefficient (Wildman–Crippen LogP) is 2.16. The summed E-state index contributed by atoms with van der Waals surface area (Å²) in [5.41, 5.74) is 2.31. The Kier molecular flexibility index (Phi) is 5.77. The van der Waals surface area contributed by atoms with Crippen LogP contribution in [0.15, 0.2) is 42.5 Å². The molecule has 150 valence electrons. The van der Waals surface area contributed by atoms with E-state index in [1.807, 2.05) is 19.1 Å². The summed E-state index contributed by atoms with van der Waals surface area (Å²) in [6.45, 7) is 5.89. The van der Waals surface area contributed by atoms with Gasteiger partial charge in [-0.1, -0.05) is 18.2 Å². The standard InChI is InChI=1S/C22H23N3O4/c1-13(2)25-21(28)17-9-8-15(12-18(17)22(25)29)19(26)23-10-11-24-20(27)16-7-5-4-6-14(16)3/h4-9,12-13H,10-11H2,1-3H3,(H,23,26)(H,24,27). The van der Waals surface area contributed by atoms with E-state index in [-0.39, 0.29) is 48.3 Å². The highest BCUT2D eigenvalue weighted by Gasteiger charge is 2.37. The van der Waals surface area contributed by atoms with Gasteiger partial charge in [-0.25, -0.2) is 0 Å². The quantitative estimate of drug-likeness (QED) is 0.581. The second-order valence-corrected chi connectivity index (χ2v) is 7.16. The SMILES string of the molecule is Cc1ccccc1C(=O)NCCNC(=O)c1ccc2c(c1)C(=O)N(C(C)C)C2=O. The molecule has 7 nitrogen and oxygen atoms in total. The van der Waals surface area contributed by atoms with Crippen LogP contribution in [0, 0.1) is 6.92 Å². The average molecular weight is 393 g/mol. The first-order valence-electron chi connectivity index (χ1n) is 9.45. The number of hydrogen-bond donors (Lipinski definition) is 2. The maximum atomic E-state index is 12.4. The molecular weight excluding hydrogens is 370 g/mol. The van der Waals surface area contributed by atoms with Crippen LogP contribution in [0.2, 0.25) is 0 Å². The first kappa shape index (κ1) is 20.3. The number of carbonyl (C=O) groups is 4. The Hall–Kier alpha value is -3.48. The van der Waals surface area contributed by atoms with Crippen LogP contribution < -0.4 is 10.6 Å². The molecule has 0 atom stereocenters. The van der Waals surface area contributed by atoms with Gasteiger partial charge in [0.25, 0.3) is 23.6 Å². The summed E-state index contributed by atoms with van der Waals surface area (Å²) in [7, 11) is 0. The molecule has 7 heteroatoms. The topological polar surface area (TPSA) is 95.6 Å². The maximum absolute atomic E-state index is 12.4. The average Bonchev–Trinajstić information content (AvgIpc) is 2.95. The number of nitrogens with one attached hydrogen (secondary N) is 2. The summed E-state index contributed by atoms with van der Waals surface area (Å²) in [4.78, 5) is 50.5. The van der Waals surface area contributed by atoms with Gasteiger partial charge in [-0.3, -0.25) is 24.1 Å². The number of imide groups is 1. The monoisotopic (exact) mass is 393 g/mol. The van der Waals surface area contributed by atoms with Crippen molar-refractivity contribution in [2.24, 2.45) is 0 Å². The smallest absolute Gasteiger partial charge is 0.261 e. The molecule has 4 amide bonds. The normalized spacial score (nSPS) is 12.9. The molecule has 0 bridgehead atoms. The van der Waals surface area contributed by atoms with Crippen LogP contribution in [0.5, 0.6) is 0 Å². The molecule has 3 rings (SSSR count). The van der Waals surface area contributed by atoms with Crippen LogP contribution in [0.1, 0.15) is 60.8 Å². The van der Waals surface area contributed by atoms with Crippen molar-refractivity contribution in [1.29, 1.82) is 0 Å². The summed E-state index contributed by atoms with van der Waals surface area (Å²) < 4.78 is 0. The van der Waals surface area contributed by atoms with Gasteiger partial charge in [0, 0.05) is 30.3 Å². The lowest BCUT2D eigenvalue weighted by Gasteiger charge is -2.17. The van der Waals surface area contributed by atoms with Gasteiger partial charge < -0.3 is 10.6 Å². The Bertz CT molecular complexity index is 997. The van der Waals surface area contributed by atoms with Gasteiger partial charge in [0.2, 0.25) is 0 Å². The second-order valence-electron chi connectivity index (χ2n) is 7.16. The van der Waals surface area contributed by atoms with E-state index in [0.29, 0.717) is 16.7 Å². The summed E-state index contributed by atoms with van der Waals surface area (Å²) >= 11 is 0. The van der Waals surface area contributed by atoms with Crippen molar-refractivity contribution in [2.75, 3.05) is 13.1 Å². The van der Waals surface area contributed by atoms with Crippen LogP contribution >= 0.6 is 0 Å². The molecule has 0 spiro atoms. The van der Waals surface area contributed by atoms with E-state index in [2.05, 4.69) is 10.6 Å². The lowest BCUT2D eigenvalue weighted by atomic mass is 10.1. The van der Waals surface area contributed by atoms with Crippen molar-refractivity contribution < 1.29 is 19.2 Å². The lowest BCUT2D eigenvalue weighted by molar-refractivity contribution is 0.0608. The molecule has 0 saturated heterocycles. The fourth-order valence-corrected chi connectivity index (χ4v) is 3.25. The largest absolute Gasteiger partial charge is 0.350 e. The van der Waals surface area contributed by atoms with Crippen molar-refractivity contribution >= 4 is 23.6 Å². The fraction of sp³-hybridized carbons (Fsp3) is 0.273. The van der Waals surface area contributed by atoms with E-state index in [9.17, 15) is 19.2 Å². The first-order chi connectivity index (χ1) is 13.8. The van der Waals surface area contributed by atoms with Crippen LogP contribution in [-0.4, -0.2) is 47.7 Å². The van der Waals surface area contributed by atoms with E-state index >= 15 is 0 Å². The Morgan fingerprint density at radius 1 is 0.897 bits per heavy atom. The zero-order valence-electron chi connectivity index (χ0n) is 16.6. The van der Waals surface area contributed by atoms with E-state index in [1.165, 1.54) is 23.1 Å². The Labute approximate surface area is 169 Å². The van der Waals surface area contributed by atoms with Crippen molar-refractivity contribution in [3.63, 3.8) is 0 Å². The zero-order valence-corrected chi connectivity index (χ0v) is 16.6. The summed E-state index contributed by atoms with van der Waals surface area (Å²) in [5.74, 6) is -1.31. The van der Waals surface area contributed by atoms with Crippen molar-refractivity contribution in [3.8, 4) is 0 Å². The minimum absolute atomic E-state index is 0.201. The molecule has 0 radical (unpaired) electrons. The minimum Gasteiger partial charge on any atom is -0.350 e. The number of rotatable bonds is 6. The third-order valence-corrected chi connectivity index (χ3v) is 4.78. The molecule has 0 aromatic heterocycles. The molecule has 0 fully saturated rings. The third kappa shape index (κ3) is 4.03. The highest BCUT2D eigenvalue weighted by atomic mass is 16.2. The fourth-order valence-electron chi connectivity index (χ4n) is 3.25. The highest BCUT2D eigenvalue weighted by Crippen LogP contribution is 2.25. The van der Waals surface area contributed by atoms with Crippen LogP contribution in [-0.2, 0) is 0 Å². The Morgan fingerprint density at radius 2 is 1.52 bits per heavy atom. The van der Waals surface area contributed by atoms with Crippen molar-refractivity contribution in [2.45, 2.75) is 26.8 Å². The van der Waals surface area contributed by atoms with Crippen LogP contribution in [0.3, 0.4) is 0 Å². The molecule has 2 aromatic carbocycles. The Morgan fingerprint density at radius 3 is 2.17 bits per heavy atom. The van der Waals surface area contributed by atoms with Gasteiger partial charge in [0.05, 0.1) is 11.1 Å². The molecule has 2 N–H and O–H groups in total. The van der Waals surface area contributed by atoms with Gasteiger partial charge in [-0.05, 0) is 50.6 Å². The number of amides is 4. The van der Waals surface area contributed by atoms with Gasteiger partial charge in [0.15, 0.2) is 0 Å². The number of fused-ring (bicyclic) bond motifs is 1. The Balaban J connectivity index is 1.58. The lowest BCUT2D eigenvalue weighted by Crippen LogP contribution is -2.36. The molecule has 1 heterocycles. The zero-order chi connectivity index (χ0) is 21.1. The highest BCUT2D eigenvalue weighted by molar-refractivity contribution is 6.22. The maximum Gasteiger partial charge on any atom is 0.261 e. The number of aryl methyl sites for hydroxylation is 1. The van der Waals surface area contributed by atoms with Crippen LogP contribution in [0.4, 0.5) is 0 Å². The number of benzene rings is 2. The molecule has 0 unspecified atom stereocenters. The van der Waals surface area contributed by atoms with E-state index in [4.69, 9.17) is 0 Å². The third-order valence-electron chi connectivity index (χ3n) is 4.78. The second kappa shape index (κ2) is 8.26. The summed E-state index contributed by atoms with van der Waals surface area (Å²) in [6.07, 6.45) is 0. The molecule has 29 heavy (non-hydrogen) atoms. The molecule has 1 aliphatic rings. The van der Waals surface area contributed by atoms with Gasteiger partial charge in [-0.15, -0.1) is 0 Å². The molecular formula is C22H23N3O4. The molecule has 2 aromatic rings. The number of carbonyl (C=O) groups excluding carboxylic acids is 4. The molecule has 1 aliphatic heterocycles. The van der Waals surface area contributed by atoms with Crippen molar-refractivity contribution in [1.82, 2.24) is 15.5 Å². The number of hydrogen-bond acceptors (Lipinski definition) is 4. The summed E-state index contributed by atoms with van der Waals surface area (Å²) in [5, 5.41) is 5.47. The van der Waals surface area contributed by atoms with Crippen LogP contribution in [0.25, 0.3) is 0 Å². The van der Waals surface area contributed by atoms with Gasteiger partial charge >= 0.3 is 0 Å². The van der Waals surface area contributed by atoms with E-state index in [0.717, 1.165) is 5.56 Å². The van der Waals surface area contributed by atoms with Crippen molar-refractivity contribution in [3.05, 3.63) is 70.3 Å². The summed E-state index contributed by atoms with van der Waals surface area (Å²) in [6, 6.07) is 11.5. The van der Waals surface area contributed by atoms with E-state index in [1.54, 1.807) is 26.0 Å².